The summed E-state index contributed by atoms with van der Waals surface area (Å²) in [7, 11) is 0. The number of hydrogen-bond donors (Lipinski definition) is 0. The first kappa shape index (κ1) is 12.5. The molecule has 3 amide bonds. The number of halogens is 1. The maximum absolute atomic E-state index is 13.7. The van der Waals surface area contributed by atoms with Crippen molar-refractivity contribution in [2.75, 3.05) is 11.4 Å². The quantitative estimate of drug-likeness (QED) is 0.808. The number of anilines is 1. The average molecular weight is 250 g/mol. The fourth-order valence-corrected chi connectivity index (χ4v) is 2.20. The van der Waals surface area contributed by atoms with Gasteiger partial charge in [-0.2, -0.15) is 0 Å². The molecular weight excluding hydrogens is 235 g/mol. The van der Waals surface area contributed by atoms with Gasteiger partial charge in [-0.1, -0.05) is 12.1 Å². The number of benzene rings is 1. The molecule has 4 nitrogen and oxygen atoms in total. The lowest BCUT2D eigenvalue weighted by molar-refractivity contribution is -0.120. The first-order chi connectivity index (χ1) is 8.56. The van der Waals surface area contributed by atoms with Crippen molar-refractivity contribution in [3.8, 4) is 0 Å². The third-order valence-corrected chi connectivity index (χ3v) is 3.12. The van der Waals surface area contributed by atoms with Gasteiger partial charge in [-0.25, -0.2) is 14.1 Å². The average Bonchev–Trinajstić information content (AvgIpc) is 2.31. The number of rotatable bonds is 2. The van der Waals surface area contributed by atoms with Crippen LogP contribution in [-0.2, 0) is 4.79 Å². The highest BCUT2D eigenvalue weighted by atomic mass is 19.1. The van der Waals surface area contributed by atoms with Crippen molar-refractivity contribution in [3.63, 3.8) is 0 Å². The van der Waals surface area contributed by atoms with Crippen LogP contribution in [0.3, 0.4) is 0 Å². The van der Waals surface area contributed by atoms with E-state index in [0.29, 0.717) is 6.54 Å². The Morgan fingerprint density at radius 2 is 2.00 bits per heavy atom. The lowest BCUT2D eigenvalue weighted by atomic mass is 10.1. The van der Waals surface area contributed by atoms with Gasteiger partial charge in [0, 0.05) is 19.0 Å². The molecule has 0 aliphatic carbocycles. The molecule has 2 rings (SSSR count). The topological polar surface area (TPSA) is 40.6 Å². The van der Waals surface area contributed by atoms with Gasteiger partial charge >= 0.3 is 6.03 Å². The second-order valence-electron chi connectivity index (χ2n) is 4.30. The Kier molecular flexibility index (Phi) is 3.32. The molecule has 5 heteroatoms. The van der Waals surface area contributed by atoms with E-state index in [1.165, 1.54) is 18.2 Å². The number of carbonyl (C=O) groups excluding carboxylic acids is 2. The zero-order valence-electron chi connectivity index (χ0n) is 10.4. The van der Waals surface area contributed by atoms with Crippen LogP contribution >= 0.6 is 0 Å². The summed E-state index contributed by atoms with van der Waals surface area (Å²) in [6.07, 6.45) is 0.216. The monoisotopic (exact) mass is 250 g/mol. The second kappa shape index (κ2) is 4.76. The molecule has 1 heterocycles. The smallest absolute Gasteiger partial charge is 0.321 e. The third kappa shape index (κ3) is 1.96. The van der Waals surface area contributed by atoms with Gasteiger partial charge in [0.15, 0.2) is 0 Å². The molecule has 1 atom stereocenters. The van der Waals surface area contributed by atoms with Crippen molar-refractivity contribution in [1.82, 2.24) is 4.90 Å². The normalized spacial score (nSPS) is 20.5. The standard InChI is InChI=1S/C13H15FN2O2/c1-3-15-9(2)8-12(17)16(13(15)18)11-7-5-4-6-10(11)14/h4-7,9H,3,8H2,1-2H3. The van der Waals surface area contributed by atoms with Crippen LogP contribution in [0.15, 0.2) is 24.3 Å². The van der Waals surface area contributed by atoms with Crippen LogP contribution in [-0.4, -0.2) is 29.4 Å². The molecular formula is C13H15FN2O2. The van der Waals surface area contributed by atoms with Gasteiger partial charge in [0.05, 0.1) is 5.69 Å². The lowest BCUT2D eigenvalue weighted by Gasteiger charge is -2.38. The summed E-state index contributed by atoms with van der Waals surface area (Å²) in [5.41, 5.74) is 0.0258. The molecule has 1 fully saturated rings. The maximum Gasteiger partial charge on any atom is 0.331 e. The minimum Gasteiger partial charge on any atom is -0.321 e. The summed E-state index contributed by atoms with van der Waals surface area (Å²) in [5, 5.41) is 0. The van der Waals surface area contributed by atoms with Crippen LogP contribution in [0.4, 0.5) is 14.9 Å². The molecule has 1 aromatic rings. The van der Waals surface area contributed by atoms with Crippen molar-refractivity contribution in [2.45, 2.75) is 26.3 Å². The summed E-state index contributed by atoms with van der Waals surface area (Å²) in [5.74, 6) is -0.924. The predicted octanol–water partition coefficient (Wildman–Crippen LogP) is 2.39. The van der Waals surface area contributed by atoms with E-state index in [-0.39, 0.29) is 24.1 Å². The van der Waals surface area contributed by atoms with Crippen molar-refractivity contribution < 1.29 is 14.0 Å². The zero-order valence-corrected chi connectivity index (χ0v) is 10.4. The Bertz CT molecular complexity index is 490. The van der Waals surface area contributed by atoms with Crippen LogP contribution < -0.4 is 4.90 Å². The highest BCUT2D eigenvalue weighted by Gasteiger charge is 2.37. The highest BCUT2D eigenvalue weighted by molar-refractivity contribution is 6.16. The van der Waals surface area contributed by atoms with Gasteiger partial charge in [-0.3, -0.25) is 4.79 Å². The van der Waals surface area contributed by atoms with E-state index in [4.69, 9.17) is 0 Å². The second-order valence-corrected chi connectivity index (χ2v) is 4.30. The molecule has 0 spiro atoms. The van der Waals surface area contributed by atoms with E-state index in [9.17, 15) is 14.0 Å². The van der Waals surface area contributed by atoms with Crippen molar-refractivity contribution in [1.29, 1.82) is 0 Å². The molecule has 0 bridgehead atoms. The van der Waals surface area contributed by atoms with Crippen molar-refractivity contribution >= 4 is 17.6 Å². The van der Waals surface area contributed by atoms with E-state index in [1.807, 2.05) is 13.8 Å². The first-order valence-corrected chi connectivity index (χ1v) is 5.94. The summed E-state index contributed by atoms with van der Waals surface area (Å²) < 4.78 is 13.7. The van der Waals surface area contributed by atoms with Gasteiger partial charge in [0.25, 0.3) is 0 Å². The summed E-state index contributed by atoms with van der Waals surface area (Å²) in [6, 6.07) is 5.22. The molecule has 0 radical (unpaired) electrons. The molecule has 1 aliphatic rings. The molecule has 96 valence electrons. The van der Waals surface area contributed by atoms with Gasteiger partial charge in [-0.05, 0) is 26.0 Å². The van der Waals surface area contributed by atoms with Crippen molar-refractivity contribution in [2.24, 2.45) is 0 Å². The minimum atomic E-state index is -0.565. The SMILES string of the molecule is CCN1C(=O)N(c2ccccc2F)C(=O)CC1C. The molecule has 1 aliphatic heterocycles. The predicted molar refractivity (Wildman–Crippen MR) is 65.7 cm³/mol. The van der Waals surface area contributed by atoms with Crippen LogP contribution in [0.1, 0.15) is 20.3 Å². The largest absolute Gasteiger partial charge is 0.331 e. The zero-order chi connectivity index (χ0) is 13.3. The molecule has 18 heavy (non-hydrogen) atoms. The van der Waals surface area contributed by atoms with Gasteiger partial charge in [0.1, 0.15) is 5.82 Å². The van der Waals surface area contributed by atoms with E-state index in [1.54, 1.807) is 11.0 Å². The fraction of sp³-hybridized carbons (Fsp3) is 0.385. The van der Waals surface area contributed by atoms with Crippen LogP contribution in [0.25, 0.3) is 0 Å². The number of nitrogens with zero attached hydrogens (tertiary/aromatic N) is 2. The summed E-state index contributed by atoms with van der Waals surface area (Å²) >= 11 is 0. The highest BCUT2D eigenvalue weighted by Crippen LogP contribution is 2.26. The van der Waals surface area contributed by atoms with Crippen LogP contribution in [0, 0.1) is 5.82 Å². The minimum absolute atomic E-state index is 0.0258. The molecule has 0 saturated carbocycles. The molecule has 0 N–H and O–H groups in total. The van der Waals surface area contributed by atoms with E-state index < -0.39 is 11.8 Å². The van der Waals surface area contributed by atoms with Gasteiger partial charge in [0.2, 0.25) is 5.91 Å². The molecule has 0 aromatic heterocycles. The van der Waals surface area contributed by atoms with Gasteiger partial charge in [-0.15, -0.1) is 0 Å². The lowest BCUT2D eigenvalue weighted by Crippen LogP contribution is -2.56. The Hall–Kier alpha value is -1.91. The Balaban J connectivity index is 2.40. The number of carbonyl (C=O) groups is 2. The molecule has 1 saturated heterocycles. The van der Waals surface area contributed by atoms with Crippen molar-refractivity contribution in [3.05, 3.63) is 30.1 Å². The number of amides is 3. The summed E-state index contributed by atoms with van der Waals surface area (Å²) in [6.45, 7) is 4.15. The van der Waals surface area contributed by atoms with E-state index in [0.717, 1.165) is 4.90 Å². The number of urea groups is 1. The fourth-order valence-electron chi connectivity index (χ4n) is 2.20. The molecule has 1 unspecified atom stereocenters. The Labute approximate surface area is 105 Å². The van der Waals surface area contributed by atoms with E-state index >= 15 is 0 Å². The number of para-hydroxylation sites is 1. The maximum atomic E-state index is 13.7. The Morgan fingerprint density at radius 3 is 2.61 bits per heavy atom. The summed E-state index contributed by atoms with van der Waals surface area (Å²) in [4.78, 5) is 26.6. The Morgan fingerprint density at radius 1 is 1.33 bits per heavy atom. The van der Waals surface area contributed by atoms with E-state index in [2.05, 4.69) is 0 Å². The first-order valence-electron chi connectivity index (χ1n) is 5.94. The van der Waals surface area contributed by atoms with Crippen LogP contribution in [0.5, 0.6) is 0 Å². The number of hydrogen-bond acceptors (Lipinski definition) is 2. The van der Waals surface area contributed by atoms with Gasteiger partial charge < -0.3 is 4.90 Å². The third-order valence-electron chi connectivity index (χ3n) is 3.12. The number of imide groups is 1. The van der Waals surface area contributed by atoms with Crippen LogP contribution in [0.2, 0.25) is 0 Å². The molecule has 1 aromatic carbocycles.